The van der Waals surface area contributed by atoms with Crippen molar-refractivity contribution in [3.05, 3.63) is 51.7 Å². The number of likely N-dealkylation sites (N-methyl/N-ethyl adjacent to an activating group) is 1. The molecule has 8 heteroatoms. The first kappa shape index (κ1) is 22.4. The summed E-state index contributed by atoms with van der Waals surface area (Å²) < 4.78 is 23.5. The molecule has 6 nitrogen and oxygen atoms in total. The van der Waals surface area contributed by atoms with Crippen LogP contribution in [0.5, 0.6) is 0 Å². The van der Waals surface area contributed by atoms with Crippen molar-refractivity contribution in [2.75, 3.05) is 33.4 Å². The van der Waals surface area contributed by atoms with Crippen molar-refractivity contribution in [1.82, 2.24) is 15.5 Å². The second-order valence-corrected chi connectivity index (χ2v) is 9.91. The summed E-state index contributed by atoms with van der Waals surface area (Å²) in [6, 6.07) is 9.85. The van der Waals surface area contributed by atoms with Gasteiger partial charge in [-0.15, -0.1) is 11.3 Å². The molecule has 0 radical (unpaired) electrons. The fourth-order valence-electron chi connectivity index (χ4n) is 2.95. The molecule has 0 spiro atoms. The first-order chi connectivity index (χ1) is 13.2. The van der Waals surface area contributed by atoms with E-state index >= 15 is 0 Å². The van der Waals surface area contributed by atoms with Crippen LogP contribution in [0.4, 0.5) is 0 Å². The summed E-state index contributed by atoms with van der Waals surface area (Å²) in [5.41, 5.74) is 1.73. The SMILES string of the molecule is CCNC(=NCc1ccc(S(C)(=O)=O)c(C)c1)NCC(c1cccs1)N(C)C. The summed E-state index contributed by atoms with van der Waals surface area (Å²) in [6.45, 7) is 5.83. The molecule has 28 heavy (non-hydrogen) atoms. The highest BCUT2D eigenvalue weighted by Crippen LogP contribution is 2.22. The van der Waals surface area contributed by atoms with Gasteiger partial charge in [-0.3, -0.25) is 0 Å². The second kappa shape index (κ2) is 10.0. The maximum absolute atomic E-state index is 11.8. The maximum atomic E-state index is 11.8. The molecule has 0 aliphatic carbocycles. The average Bonchev–Trinajstić information content (AvgIpc) is 3.12. The Balaban J connectivity index is 2.09. The number of guanidine groups is 1. The molecule has 0 fully saturated rings. The molecule has 2 rings (SSSR count). The molecule has 0 bridgehead atoms. The lowest BCUT2D eigenvalue weighted by atomic mass is 10.1. The van der Waals surface area contributed by atoms with Gasteiger partial charge >= 0.3 is 0 Å². The van der Waals surface area contributed by atoms with Crippen LogP contribution < -0.4 is 10.6 Å². The number of benzene rings is 1. The van der Waals surface area contributed by atoms with Crippen molar-refractivity contribution < 1.29 is 8.42 Å². The smallest absolute Gasteiger partial charge is 0.191 e. The van der Waals surface area contributed by atoms with E-state index in [2.05, 4.69) is 52.1 Å². The average molecular weight is 423 g/mol. The summed E-state index contributed by atoms with van der Waals surface area (Å²) in [4.78, 5) is 8.53. The summed E-state index contributed by atoms with van der Waals surface area (Å²) in [7, 11) is 0.941. The van der Waals surface area contributed by atoms with Crippen LogP contribution in [0.3, 0.4) is 0 Å². The number of aliphatic imine (C=N–C) groups is 1. The summed E-state index contributed by atoms with van der Waals surface area (Å²) in [5.74, 6) is 0.746. The molecule has 1 aromatic heterocycles. The third kappa shape index (κ3) is 6.32. The molecule has 2 aromatic rings. The van der Waals surface area contributed by atoms with Crippen LogP contribution >= 0.6 is 11.3 Å². The molecule has 1 heterocycles. The van der Waals surface area contributed by atoms with Crippen molar-refractivity contribution >= 4 is 27.1 Å². The van der Waals surface area contributed by atoms with Crippen molar-refractivity contribution in [3.63, 3.8) is 0 Å². The third-order valence-electron chi connectivity index (χ3n) is 4.36. The van der Waals surface area contributed by atoms with E-state index in [1.54, 1.807) is 17.4 Å². The van der Waals surface area contributed by atoms with E-state index in [-0.39, 0.29) is 6.04 Å². The van der Waals surface area contributed by atoms with Gasteiger partial charge in [0.1, 0.15) is 0 Å². The fraction of sp³-hybridized carbons (Fsp3) is 0.450. The number of sulfone groups is 1. The lowest BCUT2D eigenvalue weighted by Gasteiger charge is -2.24. The van der Waals surface area contributed by atoms with Gasteiger partial charge in [0.25, 0.3) is 0 Å². The molecule has 0 aliphatic heterocycles. The Hall–Kier alpha value is -1.90. The third-order valence-corrected chi connectivity index (χ3v) is 6.59. The number of hydrogen-bond donors (Lipinski definition) is 2. The van der Waals surface area contributed by atoms with Crippen LogP contribution in [0.25, 0.3) is 0 Å². The van der Waals surface area contributed by atoms with Crippen LogP contribution in [0.2, 0.25) is 0 Å². The van der Waals surface area contributed by atoms with Gasteiger partial charge in [-0.1, -0.05) is 18.2 Å². The lowest BCUT2D eigenvalue weighted by molar-refractivity contribution is 0.302. The quantitative estimate of drug-likeness (QED) is 0.505. The Morgan fingerprint density at radius 3 is 2.54 bits per heavy atom. The monoisotopic (exact) mass is 422 g/mol. The molecule has 1 atom stereocenters. The van der Waals surface area contributed by atoms with E-state index in [9.17, 15) is 8.42 Å². The topological polar surface area (TPSA) is 73.8 Å². The highest BCUT2D eigenvalue weighted by atomic mass is 32.2. The Morgan fingerprint density at radius 2 is 2.00 bits per heavy atom. The van der Waals surface area contributed by atoms with Gasteiger partial charge in [0, 0.05) is 24.2 Å². The van der Waals surface area contributed by atoms with Crippen LogP contribution in [0, 0.1) is 6.92 Å². The van der Waals surface area contributed by atoms with E-state index in [1.807, 2.05) is 26.0 Å². The van der Waals surface area contributed by atoms with E-state index in [0.29, 0.717) is 11.4 Å². The minimum Gasteiger partial charge on any atom is -0.357 e. The first-order valence-electron chi connectivity index (χ1n) is 9.24. The predicted molar refractivity (Wildman–Crippen MR) is 118 cm³/mol. The molecule has 0 saturated heterocycles. The molecule has 1 aromatic carbocycles. The molecular weight excluding hydrogens is 392 g/mol. The lowest BCUT2D eigenvalue weighted by Crippen LogP contribution is -2.41. The van der Waals surface area contributed by atoms with E-state index in [4.69, 9.17) is 0 Å². The zero-order valence-electron chi connectivity index (χ0n) is 17.2. The number of rotatable bonds is 8. The standard InChI is InChI=1S/C20H30N4O2S2/c1-6-21-20(23-14-17(24(3)4)18-8-7-11-27-18)22-13-16-9-10-19(15(2)12-16)28(5,25)26/h7-12,17H,6,13-14H2,1-5H3,(H2,21,22,23). The number of nitrogens with zero attached hydrogens (tertiary/aromatic N) is 2. The molecule has 1 unspecified atom stereocenters. The zero-order chi connectivity index (χ0) is 20.7. The van der Waals surface area contributed by atoms with Gasteiger partial charge in [-0.2, -0.15) is 0 Å². The normalized spacial score (nSPS) is 13.6. The molecule has 2 N–H and O–H groups in total. The highest BCUT2D eigenvalue weighted by Gasteiger charge is 2.15. The van der Waals surface area contributed by atoms with Gasteiger partial charge in [0.05, 0.1) is 17.5 Å². The number of aryl methyl sites for hydroxylation is 1. The number of hydrogen-bond acceptors (Lipinski definition) is 5. The Bertz CT molecular complexity index is 891. The molecule has 0 aliphatic rings. The van der Waals surface area contributed by atoms with Gasteiger partial charge in [-0.05, 0) is 56.6 Å². The van der Waals surface area contributed by atoms with Gasteiger partial charge in [-0.25, -0.2) is 13.4 Å². The van der Waals surface area contributed by atoms with Crippen LogP contribution in [-0.4, -0.2) is 52.7 Å². The largest absolute Gasteiger partial charge is 0.357 e. The summed E-state index contributed by atoms with van der Waals surface area (Å²) in [5, 5.41) is 8.78. The first-order valence-corrected chi connectivity index (χ1v) is 12.0. The zero-order valence-corrected chi connectivity index (χ0v) is 18.8. The van der Waals surface area contributed by atoms with Gasteiger partial charge in [0.2, 0.25) is 0 Å². The Morgan fingerprint density at radius 1 is 1.25 bits per heavy atom. The van der Waals surface area contributed by atoms with Gasteiger partial charge in [0.15, 0.2) is 15.8 Å². The number of nitrogens with one attached hydrogen (secondary N) is 2. The highest BCUT2D eigenvalue weighted by molar-refractivity contribution is 7.90. The fourth-order valence-corrected chi connectivity index (χ4v) is 4.83. The van der Waals surface area contributed by atoms with E-state index < -0.39 is 9.84 Å². The second-order valence-electron chi connectivity index (χ2n) is 6.94. The van der Waals surface area contributed by atoms with Gasteiger partial charge < -0.3 is 15.5 Å². The Labute approximate surface area is 172 Å². The Kier molecular flexibility index (Phi) is 8.03. The molecular formula is C20H30N4O2S2. The van der Waals surface area contributed by atoms with E-state index in [0.717, 1.165) is 30.2 Å². The molecule has 0 amide bonds. The van der Waals surface area contributed by atoms with Crippen molar-refractivity contribution in [2.24, 2.45) is 4.99 Å². The van der Waals surface area contributed by atoms with Crippen molar-refractivity contribution in [1.29, 1.82) is 0 Å². The summed E-state index contributed by atoms with van der Waals surface area (Å²) in [6.07, 6.45) is 1.23. The molecule has 0 saturated carbocycles. The van der Waals surface area contributed by atoms with Crippen LogP contribution in [-0.2, 0) is 16.4 Å². The maximum Gasteiger partial charge on any atom is 0.191 e. The minimum atomic E-state index is -3.20. The van der Waals surface area contributed by atoms with E-state index in [1.165, 1.54) is 11.1 Å². The van der Waals surface area contributed by atoms with Crippen LogP contribution in [0.15, 0.2) is 45.6 Å². The predicted octanol–water partition coefficient (Wildman–Crippen LogP) is 2.82. The number of thiophene rings is 1. The van der Waals surface area contributed by atoms with Crippen molar-refractivity contribution in [2.45, 2.75) is 31.3 Å². The van der Waals surface area contributed by atoms with Crippen LogP contribution in [0.1, 0.15) is 29.0 Å². The van der Waals surface area contributed by atoms with Crippen molar-refractivity contribution in [3.8, 4) is 0 Å². The summed E-state index contributed by atoms with van der Waals surface area (Å²) >= 11 is 1.75. The minimum absolute atomic E-state index is 0.264. The molecule has 154 valence electrons.